The van der Waals surface area contributed by atoms with Crippen LogP contribution in [0.4, 0.5) is 0 Å². The fourth-order valence-electron chi connectivity index (χ4n) is 1.28. The SMILES string of the molecule is CCCC(=O)OCNC(=O)c1ccc[n+](C)c1. The van der Waals surface area contributed by atoms with Crippen molar-refractivity contribution in [2.45, 2.75) is 19.8 Å². The first-order chi connectivity index (χ1) is 8.13. The Morgan fingerprint density at radius 2 is 2.24 bits per heavy atom. The molecular weight excluding hydrogens is 220 g/mol. The van der Waals surface area contributed by atoms with Crippen LogP contribution in [0, 0.1) is 0 Å². The second kappa shape index (κ2) is 6.62. The van der Waals surface area contributed by atoms with E-state index in [2.05, 4.69) is 5.32 Å². The summed E-state index contributed by atoms with van der Waals surface area (Å²) in [5, 5.41) is 2.52. The smallest absolute Gasteiger partial charge is 0.307 e. The first-order valence-corrected chi connectivity index (χ1v) is 5.52. The van der Waals surface area contributed by atoms with Crippen molar-refractivity contribution in [2.24, 2.45) is 7.05 Å². The van der Waals surface area contributed by atoms with Crippen molar-refractivity contribution in [3.63, 3.8) is 0 Å². The molecule has 1 rings (SSSR count). The predicted octanol–water partition coefficient (Wildman–Crippen LogP) is 0.542. The highest BCUT2D eigenvalue weighted by molar-refractivity contribution is 5.93. The number of carbonyl (C=O) groups is 2. The Morgan fingerprint density at radius 1 is 1.47 bits per heavy atom. The monoisotopic (exact) mass is 237 g/mol. The maximum atomic E-state index is 11.6. The fraction of sp³-hybridized carbons (Fsp3) is 0.417. The quantitative estimate of drug-likeness (QED) is 0.462. The van der Waals surface area contributed by atoms with E-state index in [4.69, 9.17) is 4.74 Å². The molecule has 0 saturated heterocycles. The lowest BCUT2D eigenvalue weighted by Gasteiger charge is -2.05. The molecule has 1 heterocycles. The predicted molar refractivity (Wildman–Crippen MR) is 61.0 cm³/mol. The molecule has 0 bridgehead atoms. The van der Waals surface area contributed by atoms with Gasteiger partial charge in [0, 0.05) is 12.5 Å². The molecule has 1 amide bonds. The number of esters is 1. The molecule has 0 radical (unpaired) electrons. The van der Waals surface area contributed by atoms with Gasteiger partial charge in [0.05, 0.1) is 0 Å². The first-order valence-electron chi connectivity index (χ1n) is 5.52. The van der Waals surface area contributed by atoms with Crippen molar-refractivity contribution in [2.75, 3.05) is 6.73 Å². The average molecular weight is 237 g/mol. The summed E-state index contributed by atoms with van der Waals surface area (Å²) in [6, 6.07) is 3.47. The van der Waals surface area contributed by atoms with Crippen LogP contribution in [0.25, 0.3) is 0 Å². The summed E-state index contributed by atoms with van der Waals surface area (Å²) < 4.78 is 6.60. The Balaban J connectivity index is 2.38. The van der Waals surface area contributed by atoms with Gasteiger partial charge in [-0.25, -0.2) is 4.57 Å². The maximum Gasteiger partial charge on any atom is 0.307 e. The van der Waals surface area contributed by atoms with Crippen LogP contribution < -0.4 is 9.88 Å². The average Bonchev–Trinajstić information content (AvgIpc) is 2.29. The van der Waals surface area contributed by atoms with Crippen LogP contribution in [0.1, 0.15) is 30.1 Å². The van der Waals surface area contributed by atoms with Crippen molar-refractivity contribution in [1.82, 2.24) is 5.32 Å². The van der Waals surface area contributed by atoms with E-state index in [1.54, 1.807) is 22.9 Å². The van der Waals surface area contributed by atoms with E-state index in [0.717, 1.165) is 6.42 Å². The molecule has 0 aromatic carbocycles. The third-order valence-corrected chi connectivity index (χ3v) is 2.12. The minimum absolute atomic E-state index is 0.0870. The summed E-state index contributed by atoms with van der Waals surface area (Å²) in [5.41, 5.74) is 0.529. The van der Waals surface area contributed by atoms with Crippen LogP contribution in [0.2, 0.25) is 0 Å². The Bertz CT molecular complexity index is 404. The summed E-state index contributed by atoms with van der Waals surface area (Å²) in [6.45, 7) is 1.81. The molecule has 0 aliphatic carbocycles. The van der Waals surface area contributed by atoms with Gasteiger partial charge in [0.15, 0.2) is 19.1 Å². The fourth-order valence-corrected chi connectivity index (χ4v) is 1.28. The van der Waals surface area contributed by atoms with Gasteiger partial charge in [0.2, 0.25) is 0 Å². The van der Waals surface area contributed by atoms with Crippen molar-refractivity contribution in [1.29, 1.82) is 0 Å². The number of pyridine rings is 1. The zero-order valence-corrected chi connectivity index (χ0v) is 10.1. The normalized spacial score (nSPS) is 9.76. The van der Waals surface area contributed by atoms with E-state index < -0.39 is 0 Å². The number of ether oxygens (including phenoxy) is 1. The summed E-state index contributed by atoms with van der Waals surface area (Å²) in [4.78, 5) is 22.7. The first kappa shape index (κ1) is 13.2. The van der Waals surface area contributed by atoms with Crippen molar-refractivity contribution < 1.29 is 18.9 Å². The van der Waals surface area contributed by atoms with E-state index >= 15 is 0 Å². The van der Waals surface area contributed by atoms with Gasteiger partial charge in [-0.15, -0.1) is 0 Å². The van der Waals surface area contributed by atoms with Crippen molar-refractivity contribution in [3.05, 3.63) is 30.1 Å². The van der Waals surface area contributed by atoms with Crippen LogP contribution in [-0.4, -0.2) is 18.6 Å². The van der Waals surface area contributed by atoms with Gasteiger partial charge in [-0.3, -0.25) is 9.59 Å². The number of rotatable bonds is 5. The van der Waals surface area contributed by atoms with Crippen molar-refractivity contribution >= 4 is 11.9 Å². The lowest BCUT2D eigenvalue weighted by Crippen LogP contribution is -2.32. The summed E-state index contributed by atoms with van der Waals surface area (Å²) in [7, 11) is 1.83. The largest absolute Gasteiger partial charge is 0.444 e. The molecule has 0 spiro atoms. The Morgan fingerprint density at radius 3 is 2.88 bits per heavy atom. The summed E-state index contributed by atoms with van der Waals surface area (Å²) in [5.74, 6) is -0.558. The van der Waals surface area contributed by atoms with Crippen LogP contribution in [0.3, 0.4) is 0 Å². The van der Waals surface area contributed by atoms with Gasteiger partial charge in [0.25, 0.3) is 5.91 Å². The van der Waals surface area contributed by atoms with Crippen LogP contribution in [-0.2, 0) is 16.6 Å². The summed E-state index contributed by atoms with van der Waals surface area (Å²) in [6.07, 6.45) is 4.64. The molecule has 92 valence electrons. The number of hydrogen-bond donors (Lipinski definition) is 1. The van der Waals surface area contributed by atoms with Gasteiger partial charge >= 0.3 is 5.97 Å². The molecule has 0 aliphatic rings. The topological polar surface area (TPSA) is 59.3 Å². The highest BCUT2D eigenvalue weighted by atomic mass is 16.5. The number of carbonyl (C=O) groups excluding carboxylic acids is 2. The second-order valence-electron chi connectivity index (χ2n) is 3.67. The second-order valence-corrected chi connectivity index (χ2v) is 3.67. The van der Waals surface area contributed by atoms with Gasteiger partial charge in [-0.05, 0) is 12.5 Å². The van der Waals surface area contributed by atoms with Crippen LogP contribution in [0.5, 0.6) is 0 Å². The Hall–Kier alpha value is -1.91. The molecule has 1 aromatic heterocycles. The Labute approximate surface area is 100 Å². The molecule has 0 unspecified atom stereocenters. The van der Waals surface area contributed by atoms with Crippen LogP contribution >= 0.6 is 0 Å². The molecule has 0 aliphatic heterocycles. The highest BCUT2D eigenvalue weighted by Crippen LogP contribution is 1.94. The van der Waals surface area contributed by atoms with E-state index in [0.29, 0.717) is 12.0 Å². The maximum absolute atomic E-state index is 11.6. The molecule has 1 N–H and O–H groups in total. The Kier molecular flexibility index (Phi) is 5.13. The van der Waals surface area contributed by atoms with E-state index in [9.17, 15) is 9.59 Å². The number of nitrogens with one attached hydrogen (secondary N) is 1. The third-order valence-electron chi connectivity index (χ3n) is 2.12. The zero-order valence-electron chi connectivity index (χ0n) is 10.1. The molecule has 5 heteroatoms. The van der Waals surface area contributed by atoms with Gasteiger partial charge in [-0.1, -0.05) is 6.92 Å². The number of nitrogens with zero attached hydrogens (tertiary/aromatic N) is 1. The zero-order chi connectivity index (χ0) is 12.7. The molecule has 0 fully saturated rings. The van der Waals surface area contributed by atoms with E-state index in [-0.39, 0.29) is 18.6 Å². The van der Waals surface area contributed by atoms with E-state index in [1.165, 1.54) is 0 Å². The summed E-state index contributed by atoms with van der Waals surface area (Å²) >= 11 is 0. The molecule has 0 saturated carbocycles. The number of aromatic nitrogens is 1. The number of amides is 1. The van der Waals surface area contributed by atoms with E-state index in [1.807, 2.05) is 20.2 Å². The molecule has 0 atom stereocenters. The third kappa shape index (κ3) is 4.63. The highest BCUT2D eigenvalue weighted by Gasteiger charge is 2.09. The lowest BCUT2D eigenvalue weighted by molar-refractivity contribution is -0.671. The molecule has 5 nitrogen and oxygen atoms in total. The number of aryl methyl sites for hydroxylation is 1. The number of hydrogen-bond acceptors (Lipinski definition) is 3. The lowest BCUT2D eigenvalue weighted by atomic mass is 10.3. The van der Waals surface area contributed by atoms with Crippen molar-refractivity contribution in [3.8, 4) is 0 Å². The van der Waals surface area contributed by atoms with Crippen LogP contribution in [0.15, 0.2) is 24.5 Å². The minimum Gasteiger partial charge on any atom is -0.444 e. The molecular formula is C12H17N2O3+. The van der Waals surface area contributed by atoms with Gasteiger partial charge in [-0.2, -0.15) is 0 Å². The van der Waals surface area contributed by atoms with Gasteiger partial charge < -0.3 is 10.1 Å². The molecule has 1 aromatic rings. The molecule has 17 heavy (non-hydrogen) atoms. The minimum atomic E-state index is -0.300. The van der Waals surface area contributed by atoms with Gasteiger partial charge in [0.1, 0.15) is 12.6 Å². The standard InChI is InChI=1S/C12H16N2O3/c1-3-5-11(15)17-9-13-12(16)10-6-4-7-14(2)8-10/h4,6-8H,3,5,9H2,1-2H3/p+1.